The fraction of sp³-hybridized carbons (Fsp3) is 0.784. The highest BCUT2D eigenvalue weighted by Crippen LogP contribution is 2.77. The van der Waals surface area contributed by atoms with Crippen LogP contribution in [-0.4, -0.2) is 101 Å². The highest BCUT2D eigenvalue weighted by molar-refractivity contribution is 5.88. The van der Waals surface area contributed by atoms with Crippen molar-refractivity contribution in [2.45, 2.75) is 184 Å². The van der Waals surface area contributed by atoms with Crippen molar-refractivity contribution in [2.24, 2.45) is 56.7 Å². The lowest BCUT2D eigenvalue weighted by Crippen LogP contribution is -2.67. The smallest absolute Gasteiger partial charge is 0.334 e. The van der Waals surface area contributed by atoms with E-state index in [-0.39, 0.29) is 81.8 Å². The second-order valence-electron chi connectivity index (χ2n) is 22.3. The minimum atomic E-state index is -1.42. The van der Waals surface area contributed by atoms with Gasteiger partial charge in [0, 0.05) is 57.9 Å². The molecule has 0 aromatic carbocycles. The summed E-state index contributed by atoms with van der Waals surface area (Å²) in [6, 6.07) is 0. The molecule has 0 amide bonds. The van der Waals surface area contributed by atoms with E-state index < -0.39 is 67.1 Å². The molecule has 69 heavy (non-hydrogen) atoms. The van der Waals surface area contributed by atoms with Gasteiger partial charge in [-0.2, -0.15) is 0 Å². The van der Waals surface area contributed by atoms with Gasteiger partial charge in [-0.3, -0.25) is 28.8 Å². The number of nitrogens with zero attached hydrogens (tertiary/aromatic N) is 3. The lowest BCUT2D eigenvalue weighted by atomic mass is 9.32. The summed E-state index contributed by atoms with van der Waals surface area (Å²) in [5, 5.41) is 8.40. The van der Waals surface area contributed by atoms with Gasteiger partial charge in [-0.25, -0.2) is 9.48 Å². The van der Waals surface area contributed by atoms with Crippen LogP contribution in [-0.2, 0) is 78.1 Å². The third-order valence-corrected chi connectivity index (χ3v) is 18.3. The Morgan fingerprint density at radius 2 is 1.30 bits per heavy atom. The molecule has 18 nitrogen and oxygen atoms in total. The van der Waals surface area contributed by atoms with Crippen molar-refractivity contribution in [2.75, 3.05) is 13.2 Å². The maximum Gasteiger partial charge on any atom is 0.334 e. The van der Waals surface area contributed by atoms with Crippen LogP contribution in [0.2, 0.25) is 0 Å². The number of aromatic nitrogens is 3. The molecule has 0 unspecified atom stereocenters. The third kappa shape index (κ3) is 9.55. The van der Waals surface area contributed by atoms with Gasteiger partial charge >= 0.3 is 41.8 Å². The van der Waals surface area contributed by atoms with E-state index in [4.69, 9.17) is 37.9 Å². The Hall–Kier alpha value is -4.87. The number of esters is 7. The van der Waals surface area contributed by atoms with Gasteiger partial charge in [0.1, 0.15) is 31.1 Å². The van der Waals surface area contributed by atoms with E-state index in [1.165, 1.54) is 31.6 Å². The minimum absolute atomic E-state index is 0.00350. The lowest BCUT2D eigenvalue weighted by molar-refractivity contribution is -0.270. The molecule has 7 rings (SSSR count). The van der Waals surface area contributed by atoms with Crippen LogP contribution >= 0.6 is 0 Å². The van der Waals surface area contributed by atoms with Gasteiger partial charge in [0.15, 0.2) is 24.5 Å². The summed E-state index contributed by atoms with van der Waals surface area (Å²) < 4.78 is 47.0. The Labute approximate surface area is 404 Å². The van der Waals surface area contributed by atoms with Crippen molar-refractivity contribution in [1.29, 1.82) is 0 Å². The zero-order valence-corrected chi connectivity index (χ0v) is 42.3. The number of carbonyl (C=O) groups is 7. The van der Waals surface area contributed by atoms with Crippen molar-refractivity contribution in [3.05, 3.63) is 24.0 Å². The van der Waals surface area contributed by atoms with Crippen LogP contribution in [0.25, 0.3) is 0 Å². The molecular formula is C51H73N3O15. The Bertz CT molecular complexity index is 2210. The van der Waals surface area contributed by atoms with Crippen LogP contribution in [0.15, 0.2) is 18.3 Å². The summed E-state index contributed by atoms with van der Waals surface area (Å²) in [4.78, 5) is 87.7. The van der Waals surface area contributed by atoms with E-state index in [2.05, 4.69) is 51.5 Å². The number of hydrogen-bond acceptors (Lipinski definition) is 17. The summed E-state index contributed by atoms with van der Waals surface area (Å²) in [7, 11) is 0. The fourth-order valence-electron chi connectivity index (χ4n) is 15.3. The number of ether oxygens (including phenoxy) is 8. The van der Waals surface area contributed by atoms with E-state index in [1.807, 2.05) is 0 Å². The number of carbonyl (C=O) groups excluding carboxylic acids is 7. The largest absolute Gasteiger partial charge is 0.465 e. The van der Waals surface area contributed by atoms with Gasteiger partial charge in [-0.1, -0.05) is 46.4 Å². The Balaban J connectivity index is 1.11. The third-order valence-electron chi connectivity index (χ3n) is 18.3. The Morgan fingerprint density at radius 3 is 1.94 bits per heavy atom. The molecule has 1 aromatic rings. The monoisotopic (exact) mass is 968 g/mol. The maximum atomic E-state index is 14.2. The zero-order valence-electron chi connectivity index (χ0n) is 42.3. The average Bonchev–Trinajstić information content (AvgIpc) is 3.89. The van der Waals surface area contributed by atoms with Crippen molar-refractivity contribution in [3.63, 3.8) is 0 Å². The van der Waals surface area contributed by atoms with Gasteiger partial charge in [0.25, 0.3) is 0 Å². The summed E-state index contributed by atoms with van der Waals surface area (Å²) in [6.07, 6.45) is 3.86. The molecule has 0 bridgehead atoms. The summed E-state index contributed by atoms with van der Waals surface area (Å²) in [5.74, 6) is -3.23. The normalized spacial score (nSPS) is 38.6. The molecule has 1 aromatic heterocycles. The maximum absolute atomic E-state index is 14.2. The second-order valence-corrected chi connectivity index (χ2v) is 22.3. The van der Waals surface area contributed by atoms with Crippen LogP contribution in [0.1, 0.15) is 152 Å². The quantitative estimate of drug-likeness (QED) is 0.114. The van der Waals surface area contributed by atoms with Crippen LogP contribution in [0.3, 0.4) is 0 Å². The SMILES string of the molecule is C=C(C(=O)OCc1cn([C@@H]2O[C@H](COC(C)=O)[C@H](OC(C)=O)[C@H](OC(C)=O)[C@H]2OC(C)=O)nn1)[C@@H]1CC[C@]2(COC(C)=O)CC[C@]3(C)[C@H](CC[C@@H]4[C@@]5(C)CC[C@H](OC(C)=O)C(C)(C)[C@@H]5CC[C@]43C)[C@@H]12. The topological polar surface area (TPSA) is 224 Å². The summed E-state index contributed by atoms with van der Waals surface area (Å²) in [6.45, 7) is 23.6. The highest BCUT2D eigenvalue weighted by Gasteiger charge is 2.71. The molecule has 5 aliphatic carbocycles. The molecule has 6 aliphatic rings. The average molecular weight is 968 g/mol. The molecule has 1 aliphatic heterocycles. The molecule has 5 saturated carbocycles. The number of hydrogen-bond donors (Lipinski definition) is 0. The van der Waals surface area contributed by atoms with Crippen molar-refractivity contribution >= 4 is 41.8 Å². The molecule has 382 valence electrons. The van der Waals surface area contributed by atoms with Gasteiger partial charge < -0.3 is 37.9 Å². The summed E-state index contributed by atoms with van der Waals surface area (Å²) in [5.41, 5.74) is 0.0407. The van der Waals surface area contributed by atoms with Gasteiger partial charge in [0.2, 0.25) is 0 Å². The standard InChI is InChI=1S/C51H73N3O15/c1-27(46(61)63-24-34-23-54(53-52-34)45-44(68-33(7)60)43(67-32(6)59)42(66-31(5)58)37(69-45)25-62-28(2)55)35-15-20-51(26-64-29(3)56)22-21-49(11)36(41(35)51)13-14-39-48(10)18-17-40(65-30(4)57)47(8,9)38(48)16-19-50(39,49)12/h23,35-45H,1,13-22,24-26H2,2-12H3/t35-,36+,37+,38-,39+,40-,41+,42-,43-,44+,45+,48-,49+,50+,51+/m0/s1. The minimum Gasteiger partial charge on any atom is -0.465 e. The molecule has 0 spiro atoms. The van der Waals surface area contributed by atoms with Crippen LogP contribution in [0.5, 0.6) is 0 Å². The number of fused-ring (bicyclic) bond motifs is 7. The first-order valence-corrected chi connectivity index (χ1v) is 24.7. The Morgan fingerprint density at radius 1 is 0.667 bits per heavy atom. The molecule has 6 fully saturated rings. The predicted molar refractivity (Wildman–Crippen MR) is 243 cm³/mol. The molecule has 1 saturated heterocycles. The molecule has 0 radical (unpaired) electrons. The molecule has 15 atom stereocenters. The first-order valence-electron chi connectivity index (χ1n) is 24.7. The second kappa shape index (κ2) is 19.4. The summed E-state index contributed by atoms with van der Waals surface area (Å²) >= 11 is 0. The molecule has 0 N–H and O–H groups in total. The van der Waals surface area contributed by atoms with E-state index in [1.54, 1.807) is 0 Å². The first kappa shape index (κ1) is 52.0. The predicted octanol–water partition coefficient (Wildman–Crippen LogP) is 6.71. The fourth-order valence-corrected chi connectivity index (χ4v) is 15.3. The Kier molecular flexibility index (Phi) is 14.6. The van der Waals surface area contributed by atoms with Crippen molar-refractivity contribution < 1.29 is 71.5 Å². The zero-order chi connectivity index (χ0) is 50.6. The molecule has 18 heteroatoms. The van der Waals surface area contributed by atoms with Gasteiger partial charge in [-0.15, -0.1) is 5.10 Å². The number of rotatable bonds is 13. The van der Waals surface area contributed by atoms with Crippen molar-refractivity contribution in [3.8, 4) is 0 Å². The highest BCUT2D eigenvalue weighted by atomic mass is 16.7. The van der Waals surface area contributed by atoms with Gasteiger partial charge in [-0.05, 0) is 110 Å². The van der Waals surface area contributed by atoms with Crippen molar-refractivity contribution in [1.82, 2.24) is 15.0 Å². The lowest BCUT2D eigenvalue weighted by Gasteiger charge is -2.73. The van der Waals surface area contributed by atoms with Crippen LogP contribution in [0.4, 0.5) is 0 Å². The van der Waals surface area contributed by atoms with Gasteiger partial charge in [0.05, 0.1) is 12.8 Å². The van der Waals surface area contributed by atoms with Crippen LogP contribution < -0.4 is 0 Å². The first-order chi connectivity index (χ1) is 32.3. The molecule has 2 heterocycles. The molecular weight excluding hydrogens is 895 g/mol. The van der Waals surface area contributed by atoms with Crippen LogP contribution in [0, 0.1) is 56.7 Å². The van der Waals surface area contributed by atoms with E-state index in [9.17, 15) is 33.6 Å². The van der Waals surface area contributed by atoms with E-state index >= 15 is 0 Å². The van der Waals surface area contributed by atoms with E-state index in [0.29, 0.717) is 23.8 Å². The van der Waals surface area contributed by atoms with E-state index in [0.717, 1.165) is 78.6 Å².